The lowest BCUT2D eigenvalue weighted by atomic mass is 9.82. The van der Waals surface area contributed by atoms with Gasteiger partial charge in [0, 0.05) is 12.8 Å². The molecule has 0 unspecified atom stereocenters. The zero-order valence-electron chi connectivity index (χ0n) is 10.6. The first-order chi connectivity index (χ1) is 9.29. The summed E-state index contributed by atoms with van der Waals surface area (Å²) in [6.45, 7) is 0. The molecule has 5 nitrogen and oxygen atoms in total. The molecule has 8 heteroatoms. The molecular formula is C12H14F3NO4. The molecule has 2 aliphatic rings. The maximum Gasteiger partial charge on any atom is 0.391 e. The van der Waals surface area contributed by atoms with Crippen molar-refractivity contribution < 1.29 is 32.4 Å². The number of hydroxylamine groups is 2. The van der Waals surface area contributed by atoms with Gasteiger partial charge < -0.3 is 4.84 Å². The second-order valence-electron chi connectivity index (χ2n) is 5.08. The van der Waals surface area contributed by atoms with Gasteiger partial charge in [-0.15, -0.1) is 5.06 Å². The van der Waals surface area contributed by atoms with Crippen LogP contribution in [0.1, 0.15) is 38.5 Å². The molecule has 2 amide bonds. The molecule has 1 saturated carbocycles. The zero-order chi connectivity index (χ0) is 14.9. The summed E-state index contributed by atoms with van der Waals surface area (Å²) in [5.41, 5.74) is 0. The van der Waals surface area contributed by atoms with Gasteiger partial charge in [0.15, 0.2) is 0 Å². The molecule has 0 aromatic rings. The third kappa shape index (κ3) is 3.10. The summed E-state index contributed by atoms with van der Waals surface area (Å²) in [7, 11) is 0. The van der Waals surface area contributed by atoms with E-state index >= 15 is 0 Å². The average molecular weight is 293 g/mol. The minimum Gasteiger partial charge on any atom is -0.330 e. The van der Waals surface area contributed by atoms with Gasteiger partial charge >= 0.3 is 12.1 Å². The van der Waals surface area contributed by atoms with Gasteiger partial charge in [0.05, 0.1) is 11.8 Å². The van der Waals surface area contributed by atoms with Gasteiger partial charge in [0.25, 0.3) is 11.8 Å². The summed E-state index contributed by atoms with van der Waals surface area (Å²) < 4.78 is 37.5. The van der Waals surface area contributed by atoms with E-state index in [0.717, 1.165) is 0 Å². The van der Waals surface area contributed by atoms with E-state index in [1.165, 1.54) is 0 Å². The predicted octanol–water partition coefficient (Wildman–Crippen LogP) is 1.96. The summed E-state index contributed by atoms with van der Waals surface area (Å²) in [6, 6.07) is 0. The van der Waals surface area contributed by atoms with Crippen molar-refractivity contribution in [1.82, 2.24) is 5.06 Å². The molecule has 0 aromatic carbocycles. The largest absolute Gasteiger partial charge is 0.391 e. The van der Waals surface area contributed by atoms with Crippen LogP contribution in [0.4, 0.5) is 13.2 Å². The van der Waals surface area contributed by atoms with E-state index in [4.69, 9.17) is 4.84 Å². The van der Waals surface area contributed by atoms with E-state index < -0.39 is 35.8 Å². The fourth-order valence-electron chi connectivity index (χ4n) is 2.48. The molecule has 112 valence electrons. The number of carbonyl (C=O) groups is 3. The van der Waals surface area contributed by atoms with Gasteiger partial charge in [0.1, 0.15) is 0 Å². The first-order valence-electron chi connectivity index (χ1n) is 6.43. The molecule has 1 aliphatic heterocycles. The van der Waals surface area contributed by atoms with E-state index in [9.17, 15) is 27.6 Å². The van der Waals surface area contributed by atoms with E-state index in [0.29, 0.717) is 5.06 Å². The van der Waals surface area contributed by atoms with Gasteiger partial charge in [-0.05, 0) is 25.7 Å². The highest BCUT2D eigenvalue weighted by molar-refractivity contribution is 6.01. The number of hydrogen-bond donors (Lipinski definition) is 0. The van der Waals surface area contributed by atoms with Crippen LogP contribution in [0, 0.1) is 11.8 Å². The number of nitrogens with zero attached hydrogens (tertiary/aromatic N) is 1. The number of imide groups is 1. The quantitative estimate of drug-likeness (QED) is 0.730. The van der Waals surface area contributed by atoms with E-state index in [-0.39, 0.29) is 38.5 Å². The summed E-state index contributed by atoms with van der Waals surface area (Å²) in [5.74, 6) is -4.05. The van der Waals surface area contributed by atoms with Crippen LogP contribution >= 0.6 is 0 Å². The smallest absolute Gasteiger partial charge is 0.330 e. The first kappa shape index (κ1) is 14.8. The third-order valence-electron chi connectivity index (χ3n) is 3.71. The Bertz CT molecular complexity index is 411. The molecule has 0 spiro atoms. The molecule has 2 fully saturated rings. The molecular weight excluding hydrogens is 279 g/mol. The van der Waals surface area contributed by atoms with Crippen LogP contribution < -0.4 is 0 Å². The highest BCUT2D eigenvalue weighted by Gasteiger charge is 2.43. The van der Waals surface area contributed by atoms with Crippen molar-refractivity contribution >= 4 is 17.8 Å². The van der Waals surface area contributed by atoms with Crippen molar-refractivity contribution in [3.63, 3.8) is 0 Å². The highest BCUT2D eigenvalue weighted by atomic mass is 19.4. The fourth-order valence-corrected chi connectivity index (χ4v) is 2.48. The molecule has 1 heterocycles. The van der Waals surface area contributed by atoms with Crippen LogP contribution in [0.25, 0.3) is 0 Å². The molecule has 1 aliphatic carbocycles. The summed E-state index contributed by atoms with van der Waals surface area (Å²) in [5, 5.41) is 0.429. The van der Waals surface area contributed by atoms with Crippen molar-refractivity contribution in [3.05, 3.63) is 0 Å². The SMILES string of the molecule is O=C(ON1C(=O)CCC1=O)C1CCC(C(F)(F)F)CC1. The summed E-state index contributed by atoms with van der Waals surface area (Å²) in [4.78, 5) is 39.0. The number of rotatable bonds is 2. The van der Waals surface area contributed by atoms with Crippen LogP contribution in [0.5, 0.6) is 0 Å². The van der Waals surface area contributed by atoms with Crippen molar-refractivity contribution in [2.75, 3.05) is 0 Å². The Morgan fingerprint density at radius 3 is 2.00 bits per heavy atom. The molecule has 0 aromatic heterocycles. The number of halogens is 3. The van der Waals surface area contributed by atoms with E-state index in [1.54, 1.807) is 0 Å². The molecule has 0 radical (unpaired) electrons. The van der Waals surface area contributed by atoms with Crippen LogP contribution in [0.3, 0.4) is 0 Å². The minimum atomic E-state index is -4.24. The molecule has 1 saturated heterocycles. The monoisotopic (exact) mass is 293 g/mol. The Hall–Kier alpha value is -1.60. The van der Waals surface area contributed by atoms with Crippen LogP contribution in [0.15, 0.2) is 0 Å². The van der Waals surface area contributed by atoms with E-state index in [2.05, 4.69) is 0 Å². The second kappa shape index (κ2) is 5.41. The van der Waals surface area contributed by atoms with Crippen molar-refractivity contribution in [1.29, 1.82) is 0 Å². The highest BCUT2D eigenvalue weighted by Crippen LogP contribution is 2.39. The predicted molar refractivity (Wildman–Crippen MR) is 58.7 cm³/mol. The fraction of sp³-hybridized carbons (Fsp3) is 0.750. The van der Waals surface area contributed by atoms with Gasteiger partial charge in [-0.2, -0.15) is 13.2 Å². The molecule has 0 N–H and O–H groups in total. The Morgan fingerprint density at radius 1 is 1.05 bits per heavy atom. The van der Waals surface area contributed by atoms with Crippen molar-refractivity contribution in [3.8, 4) is 0 Å². The minimum absolute atomic E-state index is 0.00702. The number of alkyl halides is 3. The lowest BCUT2D eigenvalue weighted by Crippen LogP contribution is -2.37. The van der Waals surface area contributed by atoms with Crippen LogP contribution in [0.2, 0.25) is 0 Å². The standard InChI is InChI=1S/C12H14F3NO4/c13-12(14,15)8-3-1-7(2-4-8)11(19)20-16-9(17)5-6-10(16)18/h7-8H,1-6H2. The Morgan fingerprint density at radius 2 is 1.55 bits per heavy atom. The molecule has 2 rings (SSSR count). The lowest BCUT2D eigenvalue weighted by Gasteiger charge is -2.29. The summed E-state index contributed by atoms with van der Waals surface area (Å²) in [6.07, 6.45) is -4.41. The van der Waals surface area contributed by atoms with Crippen molar-refractivity contribution in [2.45, 2.75) is 44.7 Å². The topological polar surface area (TPSA) is 63.7 Å². The van der Waals surface area contributed by atoms with Crippen LogP contribution in [-0.2, 0) is 19.2 Å². The third-order valence-corrected chi connectivity index (χ3v) is 3.71. The Labute approximate surface area is 113 Å². The van der Waals surface area contributed by atoms with Gasteiger partial charge in [-0.3, -0.25) is 9.59 Å². The normalized spacial score (nSPS) is 27.9. The first-order valence-corrected chi connectivity index (χ1v) is 6.43. The lowest BCUT2D eigenvalue weighted by molar-refractivity contribution is -0.205. The number of carbonyl (C=O) groups excluding carboxylic acids is 3. The average Bonchev–Trinajstić information content (AvgIpc) is 2.69. The maximum atomic E-state index is 12.5. The van der Waals surface area contributed by atoms with Gasteiger partial charge in [0.2, 0.25) is 0 Å². The molecule has 0 bridgehead atoms. The van der Waals surface area contributed by atoms with E-state index in [1.807, 2.05) is 0 Å². The van der Waals surface area contributed by atoms with Crippen molar-refractivity contribution in [2.24, 2.45) is 11.8 Å². The molecule has 0 atom stereocenters. The molecule has 20 heavy (non-hydrogen) atoms. The maximum absolute atomic E-state index is 12.5. The summed E-state index contributed by atoms with van der Waals surface area (Å²) >= 11 is 0. The Balaban J connectivity index is 1.86. The van der Waals surface area contributed by atoms with Gasteiger partial charge in [-0.25, -0.2) is 4.79 Å². The Kier molecular flexibility index (Phi) is 4.01. The number of hydrogen-bond acceptors (Lipinski definition) is 4. The number of amides is 2. The van der Waals surface area contributed by atoms with Gasteiger partial charge in [-0.1, -0.05) is 0 Å². The van der Waals surface area contributed by atoms with Crippen LogP contribution in [-0.4, -0.2) is 29.0 Å². The second-order valence-corrected chi connectivity index (χ2v) is 5.08. The zero-order valence-corrected chi connectivity index (χ0v) is 10.6.